The van der Waals surface area contributed by atoms with Crippen LogP contribution in [0.25, 0.3) is 0 Å². The highest BCUT2D eigenvalue weighted by atomic mass is 15.3. The van der Waals surface area contributed by atoms with Gasteiger partial charge in [0.25, 0.3) is 0 Å². The highest BCUT2D eigenvalue weighted by Crippen LogP contribution is 2.16. The van der Waals surface area contributed by atoms with Crippen LogP contribution in [-0.2, 0) is 0 Å². The van der Waals surface area contributed by atoms with Gasteiger partial charge in [-0.2, -0.15) is 0 Å². The molecule has 23 heavy (non-hydrogen) atoms. The van der Waals surface area contributed by atoms with Gasteiger partial charge >= 0.3 is 0 Å². The lowest BCUT2D eigenvalue weighted by atomic mass is 10.1. The van der Waals surface area contributed by atoms with Crippen LogP contribution in [0, 0.1) is 0 Å². The van der Waals surface area contributed by atoms with E-state index in [0.717, 1.165) is 29.7 Å². The molecule has 0 heterocycles. The van der Waals surface area contributed by atoms with E-state index in [1.807, 2.05) is 0 Å². The third-order valence-corrected chi connectivity index (χ3v) is 4.33. The van der Waals surface area contributed by atoms with Crippen molar-refractivity contribution in [2.75, 3.05) is 47.8 Å². The van der Waals surface area contributed by atoms with Crippen molar-refractivity contribution in [2.24, 2.45) is 5.73 Å². The first-order chi connectivity index (χ1) is 10.9. The van der Waals surface area contributed by atoms with Gasteiger partial charge < -0.3 is 15.1 Å². The van der Waals surface area contributed by atoms with Crippen LogP contribution < -0.4 is 5.73 Å². The lowest BCUT2D eigenvalue weighted by Gasteiger charge is -2.24. The van der Waals surface area contributed by atoms with Crippen molar-refractivity contribution in [3.05, 3.63) is 35.6 Å². The zero-order valence-corrected chi connectivity index (χ0v) is 15.9. The Morgan fingerprint density at radius 3 is 2.65 bits per heavy atom. The van der Waals surface area contributed by atoms with Crippen LogP contribution in [0.2, 0.25) is 0 Å². The Balaban J connectivity index is 2.33. The van der Waals surface area contributed by atoms with E-state index in [1.54, 1.807) is 0 Å². The van der Waals surface area contributed by atoms with Crippen LogP contribution in [0.5, 0.6) is 0 Å². The van der Waals surface area contributed by atoms with Crippen molar-refractivity contribution in [3.63, 3.8) is 0 Å². The maximum absolute atomic E-state index is 6.37. The molecule has 0 aliphatic heterocycles. The third-order valence-electron chi connectivity index (χ3n) is 4.33. The monoisotopic (exact) mass is 320 g/mol. The van der Waals surface area contributed by atoms with Crippen molar-refractivity contribution in [2.45, 2.75) is 44.9 Å². The van der Waals surface area contributed by atoms with Gasteiger partial charge in [-0.25, -0.2) is 0 Å². The second kappa shape index (κ2) is 10.7. The molecule has 0 unspecified atom stereocenters. The number of hydrogen-bond donors (Lipinski definition) is 1. The van der Waals surface area contributed by atoms with Crippen LogP contribution in [0.1, 0.15) is 44.9 Å². The molecule has 0 amide bonds. The maximum atomic E-state index is 6.37. The zero-order valence-electron chi connectivity index (χ0n) is 15.9. The average Bonchev–Trinajstić information content (AvgIpc) is 2.59. The summed E-state index contributed by atoms with van der Waals surface area (Å²) in [5.74, 6) is 0. The normalized spacial score (nSPS) is 21.4. The molecule has 3 nitrogen and oxygen atoms in total. The number of nitrogens with zero attached hydrogens (tertiary/aromatic N) is 2. The summed E-state index contributed by atoms with van der Waals surface area (Å²) in [7, 11) is 8.98. The number of quaternary nitrogens is 1. The molecule has 132 valence electrons. The fourth-order valence-corrected chi connectivity index (χ4v) is 2.89. The molecular formula is C20H38N3+. The summed E-state index contributed by atoms with van der Waals surface area (Å²) in [6.07, 6.45) is 17.4. The summed E-state index contributed by atoms with van der Waals surface area (Å²) >= 11 is 0. The van der Waals surface area contributed by atoms with Gasteiger partial charge in [0.15, 0.2) is 0 Å². The molecule has 0 bridgehead atoms. The average molecular weight is 321 g/mol. The number of nitrogens with two attached hydrogens (primary N) is 1. The van der Waals surface area contributed by atoms with E-state index in [4.69, 9.17) is 5.73 Å². The van der Waals surface area contributed by atoms with E-state index < -0.39 is 0 Å². The van der Waals surface area contributed by atoms with Gasteiger partial charge in [0.05, 0.1) is 27.7 Å². The Hall–Kier alpha value is -1.06. The minimum absolute atomic E-state index is 0.888. The Bertz CT molecular complexity index is 413. The minimum Gasteiger partial charge on any atom is -0.401 e. The summed E-state index contributed by atoms with van der Waals surface area (Å²) in [6.45, 7) is 3.28. The number of hydrogen-bond acceptors (Lipinski definition) is 2. The van der Waals surface area contributed by atoms with Gasteiger partial charge in [-0.05, 0) is 64.1 Å². The number of unbranched alkanes of at least 4 members (excludes halogenated alkanes) is 2. The maximum Gasteiger partial charge on any atom is 0.0780 e. The molecule has 3 heteroatoms. The Morgan fingerprint density at radius 1 is 1.13 bits per heavy atom. The summed E-state index contributed by atoms with van der Waals surface area (Å²) in [5, 5.41) is 0. The molecule has 0 aromatic heterocycles. The SMILES string of the molecule is CN(CCCCC[N+](C)(C)C)C/C(N)=C1/C=C\C=C/CCCC1. The quantitative estimate of drug-likeness (QED) is 0.546. The third kappa shape index (κ3) is 10.4. The van der Waals surface area contributed by atoms with Gasteiger partial charge in [0, 0.05) is 12.2 Å². The molecule has 0 saturated carbocycles. The first kappa shape index (κ1) is 20.0. The van der Waals surface area contributed by atoms with Gasteiger partial charge in [0.1, 0.15) is 0 Å². The van der Waals surface area contributed by atoms with Gasteiger partial charge in [-0.15, -0.1) is 0 Å². The van der Waals surface area contributed by atoms with Crippen molar-refractivity contribution in [1.29, 1.82) is 0 Å². The summed E-state index contributed by atoms with van der Waals surface area (Å²) in [6, 6.07) is 0. The Morgan fingerprint density at radius 2 is 1.91 bits per heavy atom. The minimum atomic E-state index is 0.888. The van der Waals surface area contributed by atoms with Crippen LogP contribution in [0.4, 0.5) is 0 Å². The molecule has 0 spiro atoms. The van der Waals surface area contributed by atoms with Crippen LogP contribution >= 0.6 is 0 Å². The van der Waals surface area contributed by atoms with Crippen molar-refractivity contribution < 1.29 is 4.48 Å². The first-order valence-electron chi connectivity index (χ1n) is 9.18. The molecule has 0 fully saturated rings. The fraction of sp³-hybridized carbons (Fsp3) is 0.700. The number of rotatable bonds is 8. The molecule has 1 rings (SSSR count). The molecule has 1 aliphatic rings. The van der Waals surface area contributed by atoms with E-state index in [1.165, 1.54) is 50.6 Å². The lowest BCUT2D eigenvalue weighted by molar-refractivity contribution is -0.870. The molecule has 0 aromatic carbocycles. The Kier molecular flexibility index (Phi) is 9.27. The van der Waals surface area contributed by atoms with Crippen molar-refractivity contribution in [1.82, 2.24) is 4.90 Å². The van der Waals surface area contributed by atoms with Gasteiger partial charge in [-0.3, -0.25) is 0 Å². The highest BCUT2D eigenvalue weighted by Gasteiger charge is 2.07. The molecule has 0 aromatic rings. The second-order valence-electron chi connectivity index (χ2n) is 7.90. The van der Waals surface area contributed by atoms with E-state index in [2.05, 4.69) is 57.4 Å². The molecule has 1 aliphatic carbocycles. The number of likely N-dealkylation sites (N-methyl/N-ethyl adjacent to an activating group) is 1. The molecule has 0 saturated heterocycles. The molecular weight excluding hydrogens is 282 g/mol. The molecule has 0 radical (unpaired) electrons. The first-order valence-corrected chi connectivity index (χ1v) is 9.18. The number of allylic oxidation sites excluding steroid dienone is 5. The fourth-order valence-electron chi connectivity index (χ4n) is 2.89. The standard InChI is InChI=1S/C20H38N3/c1-22(16-12-9-13-17-23(2,3)4)18-20(21)19-14-10-7-5-6-8-11-15-19/h5,7,10,14H,6,8-9,11-13,15-18,21H2,1-4H3/q+1/b7-5-,14-10-,20-19+. The van der Waals surface area contributed by atoms with E-state index in [9.17, 15) is 0 Å². The predicted octanol–water partition coefficient (Wildman–Crippen LogP) is 3.69. The van der Waals surface area contributed by atoms with Crippen LogP contribution in [-0.4, -0.2) is 57.2 Å². The van der Waals surface area contributed by atoms with E-state index >= 15 is 0 Å². The topological polar surface area (TPSA) is 29.3 Å². The highest BCUT2D eigenvalue weighted by molar-refractivity contribution is 5.27. The Labute approximate surface area is 144 Å². The van der Waals surface area contributed by atoms with Crippen molar-refractivity contribution in [3.8, 4) is 0 Å². The van der Waals surface area contributed by atoms with Crippen molar-refractivity contribution >= 4 is 0 Å². The predicted molar refractivity (Wildman–Crippen MR) is 102 cm³/mol. The summed E-state index contributed by atoms with van der Waals surface area (Å²) < 4.78 is 1.07. The van der Waals surface area contributed by atoms with E-state index in [0.29, 0.717) is 0 Å². The molecule has 2 N–H and O–H groups in total. The van der Waals surface area contributed by atoms with Crippen LogP contribution in [0.15, 0.2) is 35.6 Å². The van der Waals surface area contributed by atoms with Crippen LogP contribution in [0.3, 0.4) is 0 Å². The second-order valence-corrected chi connectivity index (χ2v) is 7.90. The van der Waals surface area contributed by atoms with Gasteiger partial charge in [-0.1, -0.05) is 24.3 Å². The van der Waals surface area contributed by atoms with E-state index in [-0.39, 0.29) is 0 Å². The summed E-state index contributed by atoms with van der Waals surface area (Å²) in [4.78, 5) is 2.37. The lowest BCUT2D eigenvalue weighted by Crippen LogP contribution is -2.35. The van der Waals surface area contributed by atoms with Gasteiger partial charge in [0.2, 0.25) is 0 Å². The molecule has 0 atom stereocenters. The zero-order chi connectivity index (χ0) is 17.1. The summed E-state index contributed by atoms with van der Waals surface area (Å²) in [5.41, 5.74) is 8.74. The largest absolute Gasteiger partial charge is 0.401 e. The smallest absolute Gasteiger partial charge is 0.0780 e.